The summed E-state index contributed by atoms with van der Waals surface area (Å²) in [4.78, 5) is 28.2. The fraction of sp³-hybridized carbons (Fsp3) is 0.304. The molecule has 6 rings (SSSR count). The number of pyridine rings is 2. The van der Waals surface area contributed by atoms with Crippen molar-refractivity contribution in [3.05, 3.63) is 36.7 Å². The second-order valence-electron chi connectivity index (χ2n) is 8.16. The number of fused-ring (bicyclic) bond motifs is 2. The Bertz CT molecular complexity index is 1320. The first-order chi connectivity index (χ1) is 15.2. The molecule has 156 valence electrons. The van der Waals surface area contributed by atoms with Crippen LogP contribution < -0.4 is 15.5 Å². The van der Waals surface area contributed by atoms with Gasteiger partial charge >= 0.3 is 0 Å². The highest BCUT2D eigenvalue weighted by Gasteiger charge is 2.30. The van der Waals surface area contributed by atoms with Gasteiger partial charge in [-0.05, 0) is 43.5 Å². The Morgan fingerprint density at radius 3 is 2.74 bits per heavy atom. The molecule has 1 saturated heterocycles. The summed E-state index contributed by atoms with van der Waals surface area (Å²) in [5.41, 5.74) is 3.49. The maximum Gasteiger partial charge on any atom is 0.229 e. The zero-order valence-electron chi connectivity index (χ0n) is 17.2. The minimum atomic E-state index is 0.0247. The third-order valence-corrected chi connectivity index (χ3v) is 6.03. The van der Waals surface area contributed by atoms with Crippen LogP contribution in [0.3, 0.4) is 0 Å². The van der Waals surface area contributed by atoms with E-state index < -0.39 is 0 Å². The second-order valence-corrected chi connectivity index (χ2v) is 8.16. The number of anilines is 3. The van der Waals surface area contributed by atoms with E-state index in [0.717, 1.165) is 53.4 Å². The SMILES string of the molecule is CNc1ncc(-c2nc3cc(N4CCC4)ccc3o2)c2cc(NC(=O)C3CC3)ncc12. The molecule has 1 aliphatic carbocycles. The minimum Gasteiger partial charge on any atom is -0.436 e. The lowest BCUT2D eigenvalue weighted by atomic mass is 10.1. The summed E-state index contributed by atoms with van der Waals surface area (Å²) in [6, 6.07) is 7.99. The fourth-order valence-corrected chi connectivity index (χ4v) is 3.95. The number of hydrogen-bond acceptors (Lipinski definition) is 7. The van der Waals surface area contributed by atoms with Gasteiger partial charge in [0.2, 0.25) is 11.8 Å². The summed E-state index contributed by atoms with van der Waals surface area (Å²) >= 11 is 0. The molecule has 0 unspecified atom stereocenters. The second kappa shape index (κ2) is 6.94. The smallest absolute Gasteiger partial charge is 0.229 e. The van der Waals surface area contributed by atoms with Crippen LogP contribution in [-0.2, 0) is 4.79 Å². The molecule has 1 saturated carbocycles. The van der Waals surface area contributed by atoms with Crippen LogP contribution in [0.15, 0.2) is 41.1 Å². The van der Waals surface area contributed by atoms with Crippen LogP contribution in [0.2, 0.25) is 0 Å². The Labute approximate surface area is 178 Å². The summed E-state index contributed by atoms with van der Waals surface area (Å²) in [7, 11) is 1.82. The van der Waals surface area contributed by atoms with E-state index in [-0.39, 0.29) is 11.8 Å². The molecule has 2 N–H and O–H groups in total. The lowest BCUT2D eigenvalue weighted by Crippen LogP contribution is -2.36. The Hall–Kier alpha value is -3.68. The largest absolute Gasteiger partial charge is 0.436 e. The van der Waals surface area contributed by atoms with Crippen molar-refractivity contribution in [2.75, 3.05) is 35.7 Å². The molecule has 4 heterocycles. The van der Waals surface area contributed by atoms with E-state index in [1.807, 2.05) is 19.2 Å². The van der Waals surface area contributed by atoms with Crippen molar-refractivity contribution in [3.63, 3.8) is 0 Å². The van der Waals surface area contributed by atoms with Crippen molar-refractivity contribution in [1.29, 1.82) is 0 Å². The standard InChI is InChI=1S/C23H22N6O2/c1-24-21-16-11-25-20(28-22(30)13-3-4-13)10-15(16)17(12-26-21)23-27-18-9-14(29-7-2-8-29)5-6-19(18)31-23/h5-6,9-13H,2-4,7-8H2,1H3,(H,24,26)(H,25,28,30). The van der Waals surface area contributed by atoms with Crippen LogP contribution >= 0.6 is 0 Å². The van der Waals surface area contributed by atoms with Crippen LogP contribution in [0, 0.1) is 5.92 Å². The molecule has 4 aromatic rings. The molecule has 2 fully saturated rings. The zero-order valence-corrected chi connectivity index (χ0v) is 17.2. The predicted molar refractivity (Wildman–Crippen MR) is 120 cm³/mol. The summed E-state index contributed by atoms with van der Waals surface area (Å²) in [6.45, 7) is 2.16. The van der Waals surface area contributed by atoms with Crippen LogP contribution in [0.1, 0.15) is 19.3 Å². The molecular weight excluding hydrogens is 392 g/mol. The zero-order chi connectivity index (χ0) is 20.9. The van der Waals surface area contributed by atoms with E-state index in [2.05, 4.69) is 37.6 Å². The molecule has 0 atom stereocenters. The van der Waals surface area contributed by atoms with Crippen LogP contribution in [0.5, 0.6) is 0 Å². The Kier molecular flexibility index (Phi) is 4.05. The van der Waals surface area contributed by atoms with Crippen molar-refractivity contribution in [3.8, 4) is 11.5 Å². The van der Waals surface area contributed by atoms with Gasteiger partial charge in [-0.25, -0.2) is 15.0 Å². The van der Waals surface area contributed by atoms with Gasteiger partial charge in [0.05, 0.1) is 5.56 Å². The van der Waals surface area contributed by atoms with Crippen molar-refractivity contribution < 1.29 is 9.21 Å². The lowest BCUT2D eigenvalue weighted by molar-refractivity contribution is -0.117. The first-order valence-electron chi connectivity index (χ1n) is 10.6. The molecule has 2 aliphatic rings. The molecule has 1 amide bonds. The number of benzene rings is 1. The molecule has 0 bridgehead atoms. The highest BCUT2D eigenvalue weighted by Crippen LogP contribution is 2.35. The number of amides is 1. The number of oxazole rings is 1. The van der Waals surface area contributed by atoms with E-state index in [9.17, 15) is 4.79 Å². The third kappa shape index (κ3) is 3.15. The van der Waals surface area contributed by atoms with Crippen LogP contribution in [-0.4, -0.2) is 41.0 Å². The molecule has 0 spiro atoms. The predicted octanol–water partition coefficient (Wildman–Crippen LogP) is 4.04. The van der Waals surface area contributed by atoms with Crippen LogP contribution in [0.4, 0.5) is 17.3 Å². The molecular formula is C23H22N6O2. The summed E-state index contributed by atoms with van der Waals surface area (Å²) in [6.07, 6.45) is 6.60. The van der Waals surface area contributed by atoms with Gasteiger partial charge in [-0.1, -0.05) is 0 Å². The third-order valence-electron chi connectivity index (χ3n) is 6.03. The van der Waals surface area contributed by atoms with Crippen molar-refractivity contribution >= 4 is 45.1 Å². The topological polar surface area (TPSA) is 96.2 Å². The van der Waals surface area contributed by atoms with E-state index in [1.165, 1.54) is 12.1 Å². The fourth-order valence-electron chi connectivity index (χ4n) is 3.95. The van der Waals surface area contributed by atoms with E-state index in [4.69, 9.17) is 9.40 Å². The molecule has 0 radical (unpaired) electrons. The van der Waals surface area contributed by atoms with Gasteiger partial charge < -0.3 is 20.0 Å². The first-order valence-corrected chi connectivity index (χ1v) is 10.6. The van der Waals surface area contributed by atoms with Gasteiger partial charge in [-0.2, -0.15) is 0 Å². The summed E-state index contributed by atoms with van der Waals surface area (Å²) in [5, 5.41) is 7.74. The van der Waals surface area contributed by atoms with Gasteiger partial charge in [0, 0.05) is 54.9 Å². The summed E-state index contributed by atoms with van der Waals surface area (Å²) in [5.74, 6) is 1.87. The molecule has 3 aromatic heterocycles. The number of nitrogens with zero attached hydrogens (tertiary/aromatic N) is 4. The first kappa shape index (κ1) is 18.1. The summed E-state index contributed by atoms with van der Waals surface area (Å²) < 4.78 is 6.09. The van der Waals surface area contributed by atoms with Crippen LogP contribution in [0.25, 0.3) is 33.3 Å². The Balaban J connectivity index is 1.45. The van der Waals surface area contributed by atoms with E-state index in [0.29, 0.717) is 17.5 Å². The number of nitrogens with one attached hydrogen (secondary N) is 2. The number of hydrogen-bond donors (Lipinski definition) is 2. The number of aromatic nitrogens is 3. The minimum absolute atomic E-state index is 0.0247. The molecule has 1 aliphatic heterocycles. The Morgan fingerprint density at radius 2 is 2.00 bits per heavy atom. The quantitative estimate of drug-likeness (QED) is 0.509. The number of carbonyl (C=O) groups excluding carboxylic acids is 1. The lowest BCUT2D eigenvalue weighted by Gasteiger charge is -2.33. The van der Waals surface area contributed by atoms with Crippen molar-refractivity contribution in [2.24, 2.45) is 5.92 Å². The number of carbonyl (C=O) groups is 1. The highest BCUT2D eigenvalue weighted by molar-refractivity contribution is 6.03. The van der Waals surface area contributed by atoms with Gasteiger partial charge in [0.25, 0.3) is 0 Å². The normalized spacial score (nSPS) is 15.8. The van der Waals surface area contributed by atoms with Gasteiger partial charge in [0.15, 0.2) is 5.58 Å². The van der Waals surface area contributed by atoms with Gasteiger partial charge in [-0.15, -0.1) is 0 Å². The Morgan fingerprint density at radius 1 is 1.13 bits per heavy atom. The molecule has 1 aromatic carbocycles. The average molecular weight is 414 g/mol. The van der Waals surface area contributed by atoms with Gasteiger partial charge in [-0.3, -0.25) is 4.79 Å². The van der Waals surface area contributed by atoms with Gasteiger partial charge in [0.1, 0.15) is 17.2 Å². The average Bonchev–Trinajstić information content (AvgIpc) is 3.51. The van der Waals surface area contributed by atoms with Crippen molar-refractivity contribution in [2.45, 2.75) is 19.3 Å². The maximum atomic E-state index is 12.2. The number of rotatable bonds is 5. The monoisotopic (exact) mass is 414 g/mol. The van der Waals surface area contributed by atoms with E-state index >= 15 is 0 Å². The molecule has 31 heavy (non-hydrogen) atoms. The molecule has 8 heteroatoms. The maximum absolute atomic E-state index is 12.2. The highest BCUT2D eigenvalue weighted by atomic mass is 16.3. The molecule has 8 nitrogen and oxygen atoms in total. The van der Waals surface area contributed by atoms with Crippen molar-refractivity contribution in [1.82, 2.24) is 15.0 Å². The van der Waals surface area contributed by atoms with E-state index in [1.54, 1.807) is 12.4 Å².